The standard InChI is InChI=1S/C17H29NO2/c1-5-19-16-8-10-17(11-9-16)20-13-12-18-15(4)7-6-14(2)3/h8-11,14-15,18H,5-7,12-13H2,1-4H3. The molecule has 0 fully saturated rings. The van der Waals surface area contributed by atoms with Crippen LogP contribution in [0.1, 0.15) is 40.5 Å². The van der Waals surface area contributed by atoms with Gasteiger partial charge in [0.25, 0.3) is 0 Å². The van der Waals surface area contributed by atoms with E-state index in [2.05, 4.69) is 26.1 Å². The van der Waals surface area contributed by atoms with Crippen molar-refractivity contribution in [2.45, 2.75) is 46.6 Å². The number of hydrogen-bond donors (Lipinski definition) is 1. The summed E-state index contributed by atoms with van der Waals surface area (Å²) in [4.78, 5) is 0. The quantitative estimate of drug-likeness (QED) is 0.659. The summed E-state index contributed by atoms with van der Waals surface area (Å²) in [5, 5.41) is 3.49. The molecule has 1 N–H and O–H groups in total. The molecular weight excluding hydrogens is 250 g/mol. The lowest BCUT2D eigenvalue weighted by Crippen LogP contribution is -2.30. The highest BCUT2D eigenvalue weighted by Crippen LogP contribution is 2.17. The van der Waals surface area contributed by atoms with Crippen molar-refractivity contribution in [1.82, 2.24) is 5.32 Å². The zero-order valence-electron chi connectivity index (χ0n) is 13.3. The van der Waals surface area contributed by atoms with Crippen LogP contribution in [0.4, 0.5) is 0 Å². The number of rotatable bonds is 10. The molecule has 0 aliphatic rings. The first-order valence-corrected chi connectivity index (χ1v) is 7.70. The third-order valence-corrected chi connectivity index (χ3v) is 3.18. The van der Waals surface area contributed by atoms with Crippen LogP contribution in [0.3, 0.4) is 0 Å². The Labute approximate surface area is 123 Å². The van der Waals surface area contributed by atoms with Gasteiger partial charge in [0.1, 0.15) is 18.1 Å². The van der Waals surface area contributed by atoms with E-state index in [1.807, 2.05) is 31.2 Å². The number of nitrogens with one attached hydrogen (secondary N) is 1. The molecule has 0 saturated carbocycles. The maximum Gasteiger partial charge on any atom is 0.119 e. The number of benzene rings is 1. The zero-order valence-corrected chi connectivity index (χ0v) is 13.3. The molecule has 1 rings (SSSR count). The molecule has 3 heteroatoms. The summed E-state index contributed by atoms with van der Waals surface area (Å²) in [6.07, 6.45) is 2.49. The van der Waals surface area contributed by atoms with Crippen LogP contribution in [-0.2, 0) is 0 Å². The van der Waals surface area contributed by atoms with Gasteiger partial charge in [-0.3, -0.25) is 0 Å². The predicted octanol–water partition coefficient (Wildman–Crippen LogP) is 3.88. The molecule has 20 heavy (non-hydrogen) atoms. The van der Waals surface area contributed by atoms with Gasteiger partial charge in [-0.2, -0.15) is 0 Å². The molecule has 1 aromatic carbocycles. The van der Waals surface area contributed by atoms with Crippen molar-refractivity contribution < 1.29 is 9.47 Å². The lowest BCUT2D eigenvalue weighted by molar-refractivity contribution is 0.301. The highest BCUT2D eigenvalue weighted by molar-refractivity contribution is 5.31. The van der Waals surface area contributed by atoms with Crippen molar-refractivity contribution in [1.29, 1.82) is 0 Å². The molecule has 0 aliphatic carbocycles. The Bertz CT molecular complexity index is 349. The Balaban J connectivity index is 2.14. The van der Waals surface area contributed by atoms with Crippen LogP contribution in [0, 0.1) is 5.92 Å². The van der Waals surface area contributed by atoms with E-state index in [4.69, 9.17) is 9.47 Å². The molecule has 3 nitrogen and oxygen atoms in total. The number of ether oxygens (including phenoxy) is 2. The normalized spacial score (nSPS) is 12.4. The van der Waals surface area contributed by atoms with Gasteiger partial charge in [-0.1, -0.05) is 13.8 Å². The summed E-state index contributed by atoms with van der Waals surface area (Å²) < 4.78 is 11.1. The van der Waals surface area contributed by atoms with E-state index in [-0.39, 0.29) is 0 Å². The summed E-state index contributed by atoms with van der Waals surface area (Å²) >= 11 is 0. The third-order valence-electron chi connectivity index (χ3n) is 3.18. The smallest absolute Gasteiger partial charge is 0.119 e. The number of hydrogen-bond acceptors (Lipinski definition) is 3. The average molecular weight is 279 g/mol. The van der Waals surface area contributed by atoms with Gasteiger partial charge >= 0.3 is 0 Å². The Hall–Kier alpha value is -1.22. The maximum atomic E-state index is 5.70. The van der Waals surface area contributed by atoms with Crippen LogP contribution in [0.25, 0.3) is 0 Å². The van der Waals surface area contributed by atoms with E-state index in [1.165, 1.54) is 12.8 Å². The van der Waals surface area contributed by atoms with Crippen LogP contribution in [0.2, 0.25) is 0 Å². The van der Waals surface area contributed by atoms with E-state index in [0.717, 1.165) is 24.0 Å². The molecule has 1 aromatic rings. The van der Waals surface area contributed by atoms with Crippen molar-refractivity contribution in [3.8, 4) is 11.5 Å². The Morgan fingerprint density at radius 2 is 1.55 bits per heavy atom. The topological polar surface area (TPSA) is 30.5 Å². The molecule has 0 bridgehead atoms. The van der Waals surface area contributed by atoms with Gasteiger partial charge in [0.2, 0.25) is 0 Å². The fraction of sp³-hybridized carbons (Fsp3) is 0.647. The highest BCUT2D eigenvalue weighted by Gasteiger charge is 2.03. The Morgan fingerprint density at radius 3 is 2.10 bits per heavy atom. The molecule has 0 saturated heterocycles. The van der Waals surface area contributed by atoms with Gasteiger partial charge < -0.3 is 14.8 Å². The van der Waals surface area contributed by atoms with E-state index >= 15 is 0 Å². The summed E-state index contributed by atoms with van der Waals surface area (Å²) in [6.45, 7) is 11.0. The van der Waals surface area contributed by atoms with Gasteiger partial charge in [0, 0.05) is 12.6 Å². The second-order valence-electron chi connectivity index (χ2n) is 5.58. The first kappa shape index (κ1) is 16.8. The lowest BCUT2D eigenvalue weighted by Gasteiger charge is -2.15. The largest absolute Gasteiger partial charge is 0.494 e. The fourth-order valence-electron chi connectivity index (χ4n) is 1.96. The fourth-order valence-corrected chi connectivity index (χ4v) is 1.96. The van der Waals surface area contributed by atoms with E-state index in [0.29, 0.717) is 19.3 Å². The monoisotopic (exact) mass is 279 g/mol. The Kier molecular flexibility index (Phi) is 8.12. The molecule has 0 amide bonds. The maximum absolute atomic E-state index is 5.70. The van der Waals surface area contributed by atoms with Crippen LogP contribution in [0.5, 0.6) is 11.5 Å². The van der Waals surface area contributed by atoms with Crippen LogP contribution >= 0.6 is 0 Å². The predicted molar refractivity (Wildman–Crippen MR) is 84.6 cm³/mol. The minimum absolute atomic E-state index is 0.557. The molecule has 0 aromatic heterocycles. The van der Waals surface area contributed by atoms with Crippen molar-refractivity contribution in [2.24, 2.45) is 5.92 Å². The first-order valence-electron chi connectivity index (χ1n) is 7.70. The molecule has 0 spiro atoms. The van der Waals surface area contributed by atoms with Gasteiger partial charge in [0.05, 0.1) is 6.61 Å². The minimum atomic E-state index is 0.557. The second kappa shape index (κ2) is 9.65. The summed E-state index contributed by atoms with van der Waals surface area (Å²) in [7, 11) is 0. The van der Waals surface area contributed by atoms with Crippen molar-refractivity contribution in [3.63, 3.8) is 0 Å². The molecule has 1 unspecified atom stereocenters. The summed E-state index contributed by atoms with van der Waals surface area (Å²) in [5.74, 6) is 2.56. The highest BCUT2D eigenvalue weighted by atomic mass is 16.5. The van der Waals surface area contributed by atoms with Crippen molar-refractivity contribution >= 4 is 0 Å². The van der Waals surface area contributed by atoms with Crippen molar-refractivity contribution in [3.05, 3.63) is 24.3 Å². The molecule has 0 radical (unpaired) electrons. The average Bonchev–Trinajstić information content (AvgIpc) is 2.43. The zero-order chi connectivity index (χ0) is 14.8. The SMILES string of the molecule is CCOc1ccc(OCCNC(C)CCC(C)C)cc1. The van der Waals surface area contributed by atoms with Gasteiger partial charge in [-0.15, -0.1) is 0 Å². The van der Waals surface area contributed by atoms with Gasteiger partial charge in [-0.05, 0) is 56.9 Å². The molecular formula is C17H29NO2. The van der Waals surface area contributed by atoms with Crippen LogP contribution in [-0.4, -0.2) is 25.8 Å². The molecule has 0 heterocycles. The molecule has 1 atom stereocenters. The van der Waals surface area contributed by atoms with Gasteiger partial charge in [-0.25, -0.2) is 0 Å². The second-order valence-corrected chi connectivity index (χ2v) is 5.58. The van der Waals surface area contributed by atoms with E-state index in [9.17, 15) is 0 Å². The van der Waals surface area contributed by atoms with Gasteiger partial charge in [0.15, 0.2) is 0 Å². The Morgan fingerprint density at radius 1 is 0.950 bits per heavy atom. The van der Waals surface area contributed by atoms with Crippen molar-refractivity contribution in [2.75, 3.05) is 19.8 Å². The minimum Gasteiger partial charge on any atom is -0.494 e. The van der Waals surface area contributed by atoms with Crippen LogP contribution in [0.15, 0.2) is 24.3 Å². The van der Waals surface area contributed by atoms with E-state index < -0.39 is 0 Å². The summed E-state index contributed by atoms with van der Waals surface area (Å²) in [5.41, 5.74) is 0. The first-order chi connectivity index (χ1) is 9.61. The third kappa shape index (κ3) is 7.39. The molecule has 0 aliphatic heterocycles. The molecule has 114 valence electrons. The lowest BCUT2D eigenvalue weighted by atomic mass is 10.0. The van der Waals surface area contributed by atoms with E-state index in [1.54, 1.807) is 0 Å². The summed E-state index contributed by atoms with van der Waals surface area (Å²) in [6, 6.07) is 8.34. The van der Waals surface area contributed by atoms with Crippen LogP contribution < -0.4 is 14.8 Å².